The maximum Gasteiger partial charge on any atom is 0.338 e. The number of fused-ring (bicyclic) bond motifs is 1. The number of ether oxygens (including phenoxy) is 1. The van der Waals surface area contributed by atoms with Crippen molar-refractivity contribution in [2.24, 2.45) is 0 Å². The molecule has 7 nitrogen and oxygen atoms in total. The van der Waals surface area contributed by atoms with Crippen LogP contribution in [-0.2, 0) is 9.53 Å². The van der Waals surface area contributed by atoms with Crippen molar-refractivity contribution in [3.8, 4) is 0 Å². The van der Waals surface area contributed by atoms with E-state index in [1.807, 2.05) is 6.92 Å². The summed E-state index contributed by atoms with van der Waals surface area (Å²) in [4.78, 5) is 50.6. The first-order valence-corrected chi connectivity index (χ1v) is 9.92. The fraction of sp³-hybridized carbons (Fsp3) is 0.238. The van der Waals surface area contributed by atoms with Gasteiger partial charge in [-0.3, -0.25) is 19.3 Å². The molecule has 1 aliphatic heterocycles. The van der Waals surface area contributed by atoms with E-state index >= 15 is 0 Å². The van der Waals surface area contributed by atoms with Gasteiger partial charge in [0.05, 0.1) is 27.4 Å². The van der Waals surface area contributed by atoms with Crippen molar-refractivity contribution in [3.05, 3.63) is 63.1 Å². The topological polar surface area (TPSA) is 92.8 Å². The van der Waals surface area contributed by atoms with Gasteiger partial charge in [0.1, 0.15) is 0 Å². The van der Waals surface area contributed by atoms with Gasteiger partial charge in [-0.25, -0.2) is 4.79 Å². The lowest BCUT2D eigenvalue weighted by Crippen LogP contribution is -2.37. The second-order valence-corrected chi connectivity index (χ2v) is 7.59. The molecule has 3 rings (SSSR count). The van der Waals surface area contributed by atoms with E-state index < -0.39 is 24.4 Å². The van der Waals surface area contributed by atoms with E-state index in [0.717, 1.165) is 0 Å². The zero-order valence-corrected chi connectivity index (χ0v) is 17.7. The van der Waals surface area contributed by atoms with E-state index in [2.05, 4.69) is 5.32 Å². The maximum absolute atomic E-state index is 12.6. The van der Waals surface area contributed by atoms with Crippen molar-refractivity contribution in [1.29, 1.82) is 0 Å². The number of halogens is 2. The standard InChI is InChI=1S/C21H18Cl2N2O5/c1-3-11(2)25-19(27)14-6-4-12(8-15(14)20(25)28)21(29)30-10-18(26)24-17-9-13(22)5-7-16(17)23/h4-9,11H,3,10H2,1-2H3,(H,24,26)/t11-/m0/s1. The molecule has 0 saturated heterocycles. The molecule has 0 radical (unpaired) electrons. The first kappa shape index (κ1) is 21.8. The quantitative estimate of drug-likeness (QED) is 0.528. The Morgan fingerprint density at radius 2 is 1.77 bits per heavy atom. The third kappa shape index (κ3) is 4.32. The smallest absolute Gasteiger partial charge is 0.338 e. The number of hydrogen-bond acceptors (Lipinski definition) is 5. The second-order valence-electron chi connectivity index (χ2n) is 6.75. The Morgan fingerprint density at radius 3 is 2.47 bits per heavy atom. The average Bonchev–Trinajstić information content (AvgIpc) is 2.98. The molecule has 2 aromatic rings. The number of esters is 1. The highest BCUT2D eigenvalue weighted by Gasteiger charge is 2.38. The van der Waals surface area contributed by atoms with Gasteiger partial charge in [0.25, 0.3) is 17.7 Å². The van der Waals surface area contributed by atoms with Crippen LogP contribution in [-0.4, -0.2) is 41.2 Å². The molecule has 1 N–H and O–H groups in total. The number of carbonyl (C=O) groups is 4. The molecule has 0 aromatic heterocycles. The number of carbonyl (C=O) groups excluding carboxylic acids is 4. The molecular weight excluding hydrogens is 431 g/mol. The molecule has 1 heterocycles. The van der Waals surface area contributed by atoms with E-state index in [1.165, 1.54) is 35.2 Å². The number of amides is 3. The molecule has 156 valence electrons. The van der Waals surface area contributed by atoms with E-state index in [9.17, 15) is 19.2 Å². The van der Waals surface area contributed by atoms with Gasteiger partial charge in [-0.15, -0.1) is 0 Å². The molecule has 0 saturated carbocycles. The lowest BCUT2D eigenvalue weighted by molar-refractivity contribution is -0.119. The molecule has 30 heavy (non-hydrogen) atoms. The van der Waals surface area contributed by atoms with Crippen LogP contribution in [0.3, 0.4) is 0 Å². The Balaban J connectivity index is 1.67. The summed E-state index contributed by atoms with van der Waals surface area (Å²) >= 11 is 11.8. The summed E-state index contributed by atoms with van der Waals surface area (Å²) in [6.07, 6.45) is 0.617. The van der Waals surface area contributed by atoms with E-state index in [0.29, 0.717) is 11.4 Å². The fourth-order valence-electron chi connectivity index (χ4n) is 2.96. The number of nitrogens with zero attached hydrogens (tertiary/aromatic N) is 1. The van der Waals surface area contributed by atoms with Gasteiger partial charge in [-0.1, -0.05) is 30.1 Å². The zero-order valence-electron chi connectivity index (χ0n) is 16.2. The highest BCUT2D eigenvalue weighted by atomic mass is 35.5. The third-order valence-electron chi connectivity index (χ3n) is 4.72. The SMILES string of the molecule is CC[C@H](C)N1C(=O)c2ccc(C(=O)OCC(=O)Nc3cc(Cl)ccc3Cl)cc2C1=O. The molecule has 0 aliphatic carbocycles. The third-order valence-corrected chi connectivity index (χ3v) is 5.29. The van der Waals surface area contributed by atoms with Crippen LogP contribution >= 0.6 is 23.2 Å². The van der Waals surface area contributed by atoms with Gasteiger partial charge in [-0.2, -0.15) is 0 Å². The van der Waals surface area contributed by atoms with Gasteiger partial charge < -0.3 is 10.1 Å². The Labute approximate surface area is 182 Å². The van der Waals surface area contributed by atoms with Crippen molar-refractivity contribution in [2.75, 3.05) is 11.9 Å². The van der Waals surface area contributed by atoms with Gasteiger partial charge in [0, 0.05) is 11.1 Å². The maximum atomic E-state index is 12.6. The second kappa shape index (κ2) is 8.85. The van der Waals surface area contributed by atoms with Crippen LogP contribution in [0.25, 0.3) is 0 Å². The van der Waals surface area contributed by atoms with Crippen molar-refractivity contribution in [1.82, 2.24) is 4.90 Å². The molecular formula is C21H18Cl2N2O5. The summed E-state index contributed by atoms with van der Waals surface area (Å²) in [5, 5.41) is 3.17. The van der Waals surface area contributed by atoms with Gasteiger partial charge in [0.15, 0.2) is 6.61 Å². The minimum Gasteiger partial charge on any atom is -0.452 e. The highest BCUT2D eigenvalue weighted by molar-refractivity contribution is 6.35. The Bertz CT molecular complexity index is 1050. The Kier molecular flexibility index (Phi) is 6.43. The number of imide groups is 1. The van der Waals surface area contributed by atoms with Crippen molar-refractivity contribution >= 4 is 52.6 Å². The largest absolute Gasteiger partial charge is 0.452 e. The molecule has 0 bridgehead atoms. The molecule has 3 amide bonds. The first-order chi connectivity index (χ1) is 14.2. The van der Waals surface area contributed by atoms with Crippen molar-refractivity contribution < 1.29 is 23.9 Å². The Morgan fingerprint density at radius 1 is 1.07 bits per heavy atom. The summed E-state index contributed by atoms with van der Waals surface area (Å²) in [6, 6.07) is 8.42. The van der Waals surface area contributed by atoms with Crippen LogP contribution in [0.5, 0.6) is 0 Å². The van der Waals surface area contributed by atoms with Crippen LogP contribution in [0.4, 0.5) is 5.69 Å². The number of hydrogen-bond donors (Lipinski definition) is 1. The predicted molar refractivity (Wildman–Crippen MR) is 112 cm³/mol. The van der Waals surface area contributed by atoms with E-state index in [-0.39, 0.29) is 39.3 Å². The monoisotopic (exact) mass is 448 g/mol. The molecule has 1 aliphatic rings. The van der Waals surface area contributed by atoms with Crippen LogP contribution in [0.1, 0.15) is 51.3 Å². The van der Waals surface area contributed by atoms with Gasteiger partial charge >= 0.3 is 5.97 Å². The fourth-order valence-corrected chi connectivity index (χ4v) is 3.30. The summed E-state index contributed by atoms with van der Waals surface area (Å²) < 4.78 is 5.01. The van der Waals surface area contributed by atoms with Crippen LogP contribution in [0.15, 0.2) is 36.4 Å². The normalized spacial score (nSPS) is 13.8. The lowest BCUT2D eigenvalue weighted by atomic mass is 10.1. The lowest BCUT2D eigenvalue weighted by Gasteiger charge is -2.20. The number of benzene rings is 2. The van der Waals surface area contributed by atoms with E-state index in [1.54, 1.807) is 13.0 Å². The summed E-state index contributed by atoms with van der Waals surface area (Å²) in [6.45, 7) is 3.09. The highest BCUT2D eigenvalue weighted by Crippen LogP contribution is 2.27. The van der Waals surface area contributed by atoms with E-state index in [4.69, 9.17) is 27.9 Å². The summed E-state index contributed by atoms with van der Waals surface area (Å²) in [5.41, 5.74) is 0.738. The number of nitrogens with one attached hydrogen (secondary N) is 1. The zero-order chi connectivity index (χ0) is 22.0. The average molecular weight is 449 g/mol. The van der Waals surface area contributed by atoms with Gasteiger partial charge in [0.2, 0.25) is 0 Å². The summed E-state index contributed by atoms with van der Waals surface area (Å²) in [7, 11) is 0. The molecule has 9 heteroatoms. The van der Waals surface area contributed by atoms with Crippen LogP contribution in [0.2, 0.25) is 10.0 Å². The molecule has 0 fully saturated rings. The minimum absolute atomic E-state index is 0.0643. The summed E-state index contributed by atoms with van der Waals surface area (Å²) in [5.74, 6) is -2.25. The number of anilines is 1. The predicted octanol–water partition coefficient (Wildman–Crippen LogP) is 4.18. The number of rotatable bonds is 6. The Hall–Kier alpha value is -2.90. The molecule has 1 atom stereocenters. The minimum atomic E-state index is -0.799. The molecule has 0 unspecified atom stereocenters. The van der Waals surface area contributed by atoms with Crippen LogP contribution in [0, 0.1) is 0 Å². The van der Waals surface area contributed by atoms with Crippen molar-refractivity contribution in [2.45, 2.75) is 26.3 Å². The van der Waals surface area contributed by atoms with Crippen molar-refractivity contribution in [3.63, 3.8) is 0 Å². The molecule has 0 spiro atoms. The first-order valence-electron chi connectivity index (χ1n) is 9.16. The van der Waals surface area contributed by atoms with Gasteiger partial charge in [-0.05, 0) is 49.7 Å². The molecule has 2 aromatic carbocycles. The van der Waals surface area contributed by atoms with Crippen LogP contribution < -0.4 is 5.32 Å².